The monoisotopic (exact) mass is 297 g/mol. The molecule has 0 unspecified atom stereocenters. The number of benzene rings is 1. The maximum Gasteiger partial charge on any atom is 0.323 e. The van der Waals surface area contributed by atoms with Crippen molar-refractivity contribution < 1.29 is 14.6 Å². The molecule has 0 amide bonds. The van der Waals surface area contributed by atoms with Crippen molar-refractivity contribution in [1.82, 2.24) is 4.90 Å². The zero-order valence-corrected chi connectivity index (χ0v) is 12.8. The van der Waals surface area contributed by atoms with Gasteiger partial charge in [-0.05, 0) is 42.7 Å². The second kappa shape index (κ2) is 6.12. The van der Waals surface area contributed by atoms with Gasteiger partial charge in [0.1, 0.15) is 6.04 Å². The maximum atomic E-state index is 11.8. The quantitative estimate of drug-likeness (QED) is 0.868. The number of likely N-dealkylation sites (tertiary alicyclic amines) is 1. The second-order valence-corrected chi connectivity index (χ2v) is 5.81. The van der Waals surface area contributed by atoms with E-state index in [1.54, 1.807) is 0 Å². The van der Waals surface area contributed by atoms with E-state index in [1.807, 2.05) is 30.9 Å². The average molecular weight is 298 g/mol. The molecule has 0 saturated carbocycles. The number of esters is 1. The van der Waals surface area contributed by atoms with Crippen molar-refractivity contribution in [3.63, 3.8) is 0 Å². The Hall–Kier alpha value is -1.10. The average Bonchev–Trinajstić information content (AvgIpc) is 2.74. The fraction of sp³-hybridized carbons (Fsp3) is 0.533. The molecule has 20 heavy (non-hydrogen) atoms. The number of ether oxygens (including phenoxy) is 1. The Morgan fingerprint density at radius 1 is 1.45 bits per heavy atom. The first-order valence-electron chi connectivity index (χ1n) is 6.68. The number of carbonyl (C=O) groups excluding carboxylic acids is 1. The van der Waals surface area contributed by atoms with Gasteiger partial charge in [0.25, 0.3) is 0 Å². The molecular formula is C15H20ClNO3. The third kappa shape index (κ3) is 3.14. The first kappa shape index (κ1) is 15.3. The zero-order valence-electron chi connectivity index (χ0n) is 12.0. The van der Waals surface area contributed by atoms with Gasteiger partial charge in [-0.1, -0.05) is 11.6 Å². The van der Waals surface area contributed by atoms with Gasteiger partial charge in [-0.15, -0.1) is 0 Å². The minimum atomic E-state index is -0.480. The summed E-state index contributed by atoms with van der Waals surface area (Å²) in [5.41, 5.74) is 3.34. The number of β-amino-alcohol motifs (C(OH)–C–C–N with tert-alkyl or cyclic N) is 1. The largest absolute Gasteiger partial charge is 0.468 e. The van der Waals surface area contributed by atoms with Crippen molar-refractivity contribution in [1.29, 1.82) is 0 Å². The van der Waals surface area contributed by atoms with Gasteiger partial charge >= 0.3 is 5.97 Å². The lowest BCUT2D eigenvalue weighted by Gasteiger charge is -2.24. The van der Waals surface area contributed by atoms with Gasteiger partial charge in [0, 0.05) is 24.5 Å². The van der Waals surface area contributed by atoms with Crippen LogP contribution in [0.2, 0.25) is 5.02 Å². The van der Waals surface area contributed by atoms with Crippen LogP contribution in [-0.4, -0.2) is 41.8 Å². The van der Waals surface area contributed by atoms with E-state index in [0.717, 1.165) is 21.7 Å². The molecule has 0 aromatic heterocycles. The molecule has 1 aliphatic heterocycles. The number of hydrogen-bond acceptors (Lipinski definition) is 4. The smallest absolute Gasteiger partial charge is 0.323 e. The van der Waals surface area contributed by atoms with E-state index in [-0.39, 0.29) is 12.0 Å². The summed E-state index contributed by atoms with van der Waals surface area (Å²) in [5, 5.41) is 10.5. The Morgan fingerprint density at radius 3 is 2.60 bits per heavy atom. The molecule has 4 nitrogen and oxygen atoms in total. The van der Waals surface area contributed by atoms with E-state index in [9.17, 15) is 9.90 Å². The molecule has 1 saturated heterocycles. The number of aliphatic hydroxyl groups excluding tert-OH is 1. The number of rotatable bonds is 3. The Labute approximate surface area is 124 Å². The van der Waals surface area contributed by atoms with E-state index >= 15 is 0 Å². The van der Waals surface area contributed by atoms with E-state index in [4.69, 9.17) is 16.3 Å². The molecule has 1 aromatic rings. The molecule has 1 heterocycles. The van der Waals surface area contributed by atoms with Crippen LogP contribution in [0.3, 0.4) is 0 Å². The van der Waals surface area contributed by atoms with Gasteiger partial charge in [-0.2, -0.15) is 0 Å². The molecule has 1 aliphatic rings. The SMILES string of the molecule is COC(=O)[C@@H]1C[C@H](O)CN1Cc1c(C)cc(Cl)cc1C. The summed E-state index contributed by atoms with van der Waals surface area (Å²) >= 11 is 6.04. The number of aryl methyl sites for hydroxylation is 2. The number of halogens is 1. The minimum absolute atomic E-state index is 0.286. The van der Waals surface area contributed by atoms with Crippen LogP contribution in [0.15, 0.2) is 12.1 Å². The van der Waals surface area contributed by atoms with Crippen LogP contribution in [-0.2, 0) is 16.1 Å². The fourth-order valence-electron chi connectivity index (χ4n) is 2.83. The molecule has 2 atom stereocenters. The number of carbonyl (C=O) groups is 1. The van der Waals surface area contributed by atoms with Gasteiger partial charge in [0.05, 0.1) is 13.2 Å². The molecule has 1 N–H and O–H groups in total. The summed E-state index contributed by atoms with van der Waals surface area (Å²) in [7, 11) is 1.38. The van der Waals surface area contributed by atoms with Gasteiger partial charge in [-0.25, -0.2) is 0 Å². The first-order valence-corrected chi connectivity index (χ1v) is 7.05. The zero-order chi connectivity index (χ0) is 14.9. The lowest BCUT2D eigenvalue weighted by Crippen LogP contribution is -2.36. The number of hydrogen-bond donors (Lipinski definition) is 1. The highest BCUT2D eigenvalue weighted by Gasteiger charge is 2.36. The van der Waals surface area contributed by atoms with Crippen molar-refractivity contribution in [2.24, 2.45) is 0 Å². The Bertz CT molecular complexity index is 495. The summed E-state index contributed by atoms with van der Waals surface area (Å²) in [4.78, 5) is 13.8. The topological polar surface area (TPSA) is 49.8 Å². The van der Waals surface area contributed by atoms with Crippen LogP contribution < -0.4 is 0 Å². The second-order valence-electron chi connectivity index (χ2n) is 5.38. The highest BCUT2D eigenvalue weighted by molar-refractivity contribution is 6.30. The molecule has 0 bridgehead atoms. The summed E-state index contributed by atoms with van der Waals surface area (Å²) in [6.45, 7) is 5.12. The number of nitrogens with zero attached hydrogens (tertiary/aromatic N) is 1. The van der Waals surface area contributed by atoms with Crippen LogP contribution in [0.25, 0.3) is 0 Å². The predicted molar refractivity (Wildman–Crippen MR) is 77.8 cm³/mol. The standard InChI is InChI=1S/C15H20ClNO3/c1-9-4-11(16)5-10(2)13(9)8-17-7-12(18)6-14(17)15(19)20-3/h4-5,12,14,18H,6-8H2,1-3H3/t12-,14-/m0/s1. The van der Waals surface area contributed by atoms with Gasteiger partial charge in [0.2, 0.25) is 0 Å². The van der Waals surface area contributed by atoms with E-state index in [2.05, 4.69) is 0 Å². The van der Waals surface area contributed by atoms with E-state index in [1.165, 1.54) is 7.11 Å². The lowest BCUT2D eigenvalue weighted by atomic mass is 10.0. The van der Waals surface area contributed by atoms with Gasteiger partial charge < -0.3 is 9.84 Å². The van der Waals surface area contributed by atoms with Crippen molar-refractivity contribution in [3.05, 3.63) is 33.8 Å². The first-order chi connectivity index (χ1) is 9.42. The lowest BCUT2D eigenvalue weighted by molar-refractivity contribution is -0.146. The summed E-state index contributed by atoms with van der Waals surface area (Å²) < 4.78 is 4.82. The van der Waals surface area contributed by atoms with Crippen molar-refractivity contribution >= 4 is 17.6 Å². The fourth-order valence-corrected chi connectivity index (χ4v) is 3.16. The van der Waals surface area contributed by atoms with Crippen molar-refractivity contribution in [2.45, 2.75) is 39.0 Å². The predicted octanol–water partition coefficient (Wildman–Crippen LogP) is 2.07. The molecule has 0 radical (unpaired) electrons. The molecule has 0 spiro atoms. The molecule has 1 fully saturated rings. The molecule has 110 valence electrons. The molecule has 2 rings (SSSR count). The summed E-state index contributed by atoms with van der Waals surface area (Å²) in [6.07, 6.45) is -0.0507. The third-order valence-electron chi connectivity index (χ3n) is 3.88. The van der Waals surface area contributed by atoms with Crippen LogP contribution >= 0.6 is 11.6 Å². The van der Waals surface area contributed by atoms with Crippen molar-refractivity contribution in [2.75, 3.05) is 13.7 Å². The van der Waals surface area contributed by atoms with E-state index < -0.39 is 6.10 Å². The van der Waals surface area contributed by atoms with Gasteiger partial charge in [0.15, 0.2) is 0 Å². The normalized spacial score (nSPS) is 23.1. The maximum absolute atomic E-state index is 11.8. The number of methoxy groups -OCH3 is 1. The third-order valence-corrected chi connectivity index (χ3v) is 4.09. The Kier molecular flexibility index (Phi) is 4.68. The number of aliphatic hydroxyl groups is 1. The summed E-state index contributed by atoms with van der Waals surface area (Å²) in [6, 6.07) is 3.47. The minimum Gasteiger partial charge on any atom is -0.468 e. The van der Waals surface area contributed by atoms with Crippen molar-refractivity contribution in [3.8, 4) is 0 Å². The molecular weight excluding hydrogens is 278 g/mol. The van der Waals surface area contributed by atoms with Crippen LogP contribution in [0.5, 0.6) is 0 Å². The Balaban J connectivity index is 2.22. The highest BCUT2D eigenvalue weighted by atomic mass is 35.5. The molecule has 1 aromatic carbocycles. The van der Waals surface area contributed by atoms with E-state index in [0.29, 0.717) is 19.5 Å². The molecule has 5 heteroatoms. The molecule has 0 aliphatic carbocycles. The van der Waals surface area contributed by atoms with Crippen LogP contribution in [0.4, 0.5) is 0 Å². The Morgan fingerprint density at radius 2 is 2.05 bits per heavy atom. The van der Waals surface area contributed by atoms with Crippen LogP contribution in [0, 0.1) is 13.8 Å². The van der Waals surface area contributed by atoms with Gasteiger partial charge in [-0.3, -0.25) is 9.69 Å². The highest BCUT2D eigenvalue weighted by Crippen LogP contribution is 2.26. The van der Waals surface area contributed by atoms with Crippen LogP contribution in [0.1, 0.15) is 23.1 Å². The summed E-state index contributed by atoms with van der Waals surface area (Å²) in [5.74, 6) is -0.286.